The van der Waals surface area contributed by atoms with Crippen LogP contribution in [0.15, 0.2) is 22.7 Å². The Hall–Kier alpha value is -1.49. The van der Waals surface area contributed by atoms with E-state index >= 15 is 0 Å². The van der Waals surface area contributed by atoms with Crippen molar-refractivity contribution in [2.75, 3.05) is 7.11 Å². The minimum atomic E-state index is -1.08. The number of aliphatic carboxylic acids is 1. The van der Waals surface area contributed by atoms with Crippen molar-refractivity contribution in [3.05, 3.63) is 28.2 Å². The van der Waals surface area contributed by atoms with Gasteiger partial charge in [0.15, 0.2) is 11.5 Å². The number of hydrogen-bond donors (Lipinski definition) is 2. The summed E-state index contributed by atoms with van der Waals surface area (Å²) in [6.07, 6.45) is 2.24. The smallest absolute Gasteiger partial charge is 0.328 e. The number of phenolic OH excluding ortho intramolecular Hbond substituents is 1. The number of hydrogen-bond acceptors (Lipinski definition) is 3. The van der Waals surface area contributed by atoms with E-state index in [1.165, 1.54) is 13.2 Å². The predicted molar refractivity (Wildman–Crippen MR) is 59.0 cm³/mol. The highest BCUT2D eigenvalue weighted by molar-refractivity contribution is 9.10. The molecule has 1 rings (SSSR count). The van der Waals surface area contributed by atoms with Crippen LogP contribution in [-0.2, 0) is 4.79 Å². The van der Waals surface area contributed by atoms with Crippen LogP contribution in [0.2, 0.25) is 0 Å². The van der Waals surface area contributed by atoms with Gasteiger partial charge in [0.25, 0.3) is 0 Å². The summed E-state index contributed by atoms with van der Waals surface area (Å²) in [5.41, 5.74) is 0.378. The van der Waals surface area contributed by atoms with E-state index in [4.69, 9.17) is 9.84 Å². The number of benzene rings is 1. The lowest BCUT2D eigenvalue weighted by Gasteiger charge is -2.06. The van der Waals surface area contributed by atoms with Gasteiger partial charge in [-0.1, -0.05) is 15.9 Å². The Bertz CT molecular complexity index is 412. The van der Waals surface area contributed by atoms with E-state index in [1.807, 2.05) is 0 Å². The van der Waals surface area contributed by atoms with Crippen molar-refractivity contribution in [3.8, 4) is 11.5 Å². The van der Waals surface area contributed by atoms with Crippen molar-refractivity contribution in [3.63, 3.8) is 0 Å². The molecule has 0 saturated carbocycles. The van der Waals surface area contributed by atoms with Gasteiger partial charge in [0.05, 0.1) is 7.11 Å². The summed E-state index contributed by atoms with van der Waals surface area (Å²) in [6.45, 7) is 0. The Kier molecular flexibility index (Phi) is 3.74. The second kappa shape index (κ2) is 4.84. The number of ether oxygens (including phenoxy) is 1. The lowest BCUT2D eigenvalue weighted by molar-refractivity contribution is -0.131. The van der Waals surface area contributed by atoms with E-state index in [2.05, 4.69) is 15.9 Å². The van der Waals surface area contributed by atoms with Crippen LogP contribution in [0.1, 0.15) is 5.56 Å². The highest BCUT2D eigenvalue weighted by Gasteiger charge is 2.07. The number of rotatable bonds is 3. The molecule has 0 aliphatic rings. The summed E-state index contributed by atoms with van der Waals surface area (Å²) in [5.74, 6) is -0.874. The summed E-state index contributed by atoms with van der Waals surface area (Å²) >= 11 is 3.22. The molecule has 2 N–H and O–H groups in total. The quantitative estimate of drug-likeness (QED) is 0.829. The number of carboxylic acids is 1. The zero-order valence-electron chi connectivity index (χ0n) is 7.90. The first-order valence-electron chi connectivity index (χ1n) is 4.02. The predicted octanol–water partition coefficient (Wildman–Crippen LogP) is 2.26. The number of carbonyl (C=O) groups is 1. The Morgan fingerprint density at radius 3 is 2.73 bits per heavy atom. The Labute approximate surface area is 94.9 Å². The maximum Gasteiger partial charge on any atom is 0.328 e. The molecule has 5 heteroatoms. The number of methoxy groups -OCH3 is 1. The van der Waals surface area contributed by atoms with Gasteiger partial charge in [-0.2, -0.15) is 0 Å². The largest absolute Gasteiger partial charge is 0.504 e. The van der Waals surface area contributed by atoms with Crippen LogP contribution < -0.4 is 4.74 Å². The molecule has 1 aromatic rings. The van der Waals surface area contributed by atoms with E-state index in [-0.39, 0.29) is 11.5 Å². The number of aromatic hydroxyl groups is 1. The van der Waals surface area contributed by atoms with Gasteiger partial charge in [-0.15, -0.1) is 0 Å². The van der Waals surface area contributed by atoms with E-state index in [0.29, 0.717) is 10.0 Å². The van der Waals surface area contributed by atoms with Gasteiger partial charge >= 0.3 is 5.97 Å². The van der Waals surface area contributed by atoms with Crippen molar-refractivity contribution in [2.45, 2.75) is 0 Å². The maximum absolute atomic E-state index is 10.3. The fourth-order valence-electron chi connectivity index (χ4n) is 1.04. The molecule has 0 bridgehead atoms. The first kappa shape index (κ1) is 11.6. The summed E-state index contributed by atoms with van der Waals surface area (Å²) in [7, 11) is 1.42. The second-order valence-electron chi connectivity index (χ2n) is 2.72. The van der Waals surface area contributed by atoms with Gasteiger partial charge in [-0.3, -0.25) is 0 Å². The monoisotopic (exact) mass is 272 g/mol. The number of carboxylic acid groups (broad SMARTS) is 1. The van der Waals surface area contributed by atoms with E-state index in [0.717, 1.165) is 6.08 Å². The zero-order valence-corrected chi connectivity index (χ0v) is 9.48. The lowest BCUT2D eigenvalue weighted by Crippen LogP contribution is -1.88. The average Bonchev–Trinajstić information content (AvgIpc) is 2.18. The molecule has 0 aromatic heterocycles. The molecule has 0 aliphatic heterocycles. The molecule has 0 atom stereocenters. The molecular formula is C10H9BrO4. The SMILES string of the molecule is COc1cc(Br)cc(/C=C/C(=O)O)c1O. The first-order chi connectivity index (χ1) is 7.04. The van der Waals surface area contributed by atoms with Crippen LogP contribution in [0.4, 0.5) is 0 Å². The van der Waals surface area contributed by atoms with Crippen molar-refractivity contribution >= 4 is 28.0 Å². The number of halogens is 1. The van der Waals surface area contributed by atoms with Gasteiger partial charge in [0, 0.05) is 16.1 Å². The van der Waals surface area contributed by atoms with Crippen LogP contribution in [0.25, 0.3) is 6.08 Å². The Balaban J connectivity index is 3.17. The maximum atomic E-state index is 10.3. The molecule has 0 unspecified atom stereocenters. The van der Waals surface area contributed by atoms with E-state index in [1.54, 1.807) is 12.1 Å². The van der Waals surface area contributed by atoms with Gasteiger partial charge in [0.1, 0.15) is 0 Å². The highest BCUT2D eigenvalue weighted by Crippen LogP contribution is 2.34. The molecule has 0 saturated heterocycles. The minimum absolute atomic E-state index is 0.0850. The zero-order chi connectivity index (χ0) is 11.4. The molecule has 0 fully saturated rings. The van der Waals surface area contributed by atoms with Crippen LogP contribution >= 0.6 is 15.9 Å². The van der Waals surface area contributed by atoms with E-state index < -0.39 is 5.97 Å². The summed E-state index contributed by atoms with van der Waals surface area (Å²) < 4.78 is 5.61. The van der Waals surface area contributed by atoms with Gasteiger partial charge in [-0.25, -0.2) is 4.79 Å². The van der Waals surface area contributed by atoms with Crippen LogP contribution in [0.5, 0.6) is 11.5 Å². The van der Waals surface area contributed by atoms with Crippen molar-refractivity contribution in [1.29, 1.82) is 0 Å². The summed E-state index contributed by atoms with van der Waals surface area (Å²) in [4.78, 5) is 10.3. The fourth-order valence-corrected chi connectivity index (χ4v) is 1.49. The first-order valence-corrected chi connectivity index (χ1v) is 4.81. The third kappa shape index (κ3) is 2.99. The summed E-state index contributed by atoms with van der Waals surface area (Å²) in [6, 6.07) is 3.19. The Morgan fingerprint density at radius 2 is 2.20 bits per heavy atom. The molecule has 80 valence electrons. The van der Waals surface area contributed by atoms with Gasteiger partial charge in [0.2, 0.25) is 0 Å². The Morgan fingerprint density at radius 1 is 1.53 bits per heavy atom. The number of phenols is 1. The molecule has 15 heavy (non-hydrogen) atoms. The topological polar surface area (TPSA) is 66.8 Å². The average molecular weight is 273 g/mol. The second-order valence-corrected chi connectivity index (χ2v) is 3.63. The molecule has 1 aromatic carbocycles. The van der Waals surface area contributed by atoms with Crippen LogP contribution in [-0.4, -0.2) is 23.3 Å². The standard InChI is InChI=1S/C10H9BrO4/c1-15-8-5-7(11)4-6(10(8)14)2-3-9(12)13/h2-5,14H,1H3,(H,12,13)/b3-2+. The van der Waals surface area contributed by atoms with Crippen molar-refractivity contribution in [2.24, 2.45) is 0 Å². The molecule has 0 heterocycles. The molecular weight excluding hydrogens is 264 g/mol. The van der Waals surface area contributed by atoms with E-state index in [9.17, 15) is 9.90 Å². The van der Waals surface area contributed by atoms with Crippen molar-refractivity contribution < 1.29 is 19.7 Å². The molecule has 0 aliphatic carbocycles. The normalized spacial score (nSPS) is 10.5. The summed E-state index contributed by atoms with van der Waals surface area (Å²) in [5, 5.41) is 18.1. The molecule has 0 radical (unpaired) electrons. The third-order valence-electron chi connectivity index (χ3n) is 1.69. The minimum Gasteiger partial charge on any atom is -0.504 e. The molecule has 4 nitrogen and oxygen atoms in total. The molecule has 0 amide bonds. The highest BCUT2D eigenvalue weighted by atomic mass is 79.9. The van der Waals surface area contributed by atoms with Crippen molar-refractivity contribution in [1.82, 2.24) is 0 Å². The van der Waals surface area contributed by atoms with Gasteiger partial charge in [-0.05, 0) is 18.2 Å². The van der Waals surface area contributed by atoms with Crippen LogP contribution in [0.3, 0.4) is 0 Å². The van der Waals surface area contributed by atoms with Crippen LogP contribution in [0, 0.1) is 0 Å². The third-order valence-corrected chi connectivity index (χ3v) is 2.15. The molecule has 0 spiro atoms. The lowest BCUT2D eigenvalue weighted by atomic mass is 10.1. The van der Waals surface area contributed by atoms with Gasteiger partial charge < -0.3 is 14.9 Å². The fraction of sp³-hybridized carbons (Fsp3) is 0.100.